The number of carbonyl (C=O) groups is 2. The largest absolute Gasteiger partial charge is 0.466 e. The Morgan fingerprint density at radius 2 is 1.12 bits per heavy atom. The molecule has 0 aliphatic rings. The summed E-state index contributed by atoms with van der Waals surface area (Å²) in [6.45, 7) is 2.16. The summed E-state index contributed by atoms with van der Waals surface area (Å²) in [5.41, 5.74) is -0.00991. The molecule has 0 aliphatic carbocycles. The third-order valence-corrected chi connectivity index (χ3v) is 5.24. The predicted molar refractivity (Wildman–Crippen MR) is 117 cm³/mol. The average Bonchev–Trinajstić information content (AvgIpc) is 2.77. The molecule has 4 nitrogen and oxygen atoms in total. The molecule has 0 heterocycles. The molecule has 1 rings (SSSR count). The molecular formula is C25H37F3O4. The zero-order valence-electron chi connectivity index (χ0n) is 19.2. The first-order valence-electron chi connectivity index (χ1n) is 11.9. The van der Waals surface area contributed by atoms with Crippen LogP contribution in [-0.2, 0) is 25.7 Å². The molecule has 0 saturated heterocycles. The molecule has 1 aromatic rings. The summed E-state index contributed by atoms with van der Waals surface area (Å²) in [4.78, 5) is 23.3. The van der Waals surface area contributed by atoms with Crippen LogP contribution in [0.1, 0.15) is 102 Å². The van der Waals surface area contributed by atoms with Gasteiger partial charge in [-0.05, 0) is 24.1 Å². The smallest absolute Gasteiger partial charge is 0.306 e. The van der Waals surface area contributed by atoms with Crippen molar-refractivity contribution >= 4 is 11.9 Å². The molecule has 0 aromatic heterocycles. The van der Waals surface area contributed by atoms with Gasteiger partial charge in [0.2, 0.25) is 0 Å². The minimum Gasteiger partial charge on any atom is -0.466 e. The third kappa shape index (κ3) is 13.4. The fourth-order valence-corrected chi connectivity index (χ4v) is 3.33. The predicted octanol–water partition coefficient (Wildman–Crippen LogP) is 7.17. The molecule has 0 bridgehead atoms. The second-order valence-electron chi connectivity index (χ2n) is 8.14. The van der Waals surface area contributed by atoms with Gasteiger partial charge in [0.05, 0.1) is 19.4 Å². The topological polar surface area (TPSA) is 52.6 Å². The maximum atomic E-state index is 13.1. The average molecular weight is 459 g/mol. The summed E-state index contributed by atoms with van der Waals surface area (Å²) in [6.07, 6.45) is 14.4. The maximum absolute atomic E-state index is 13.1. The number of hydrogen-bond donors (Lipinski definition) is 0. The van der Waals surface area contributed by atoms with Gasteiger partial charge in [-0.25, -0.2) is 13.2 Å². The molecule has 0 N–H and O–H groups in total. The monoisotopic (exact) mass is 458 g/mol. The van der Waals surface area contributed by atoms with Crippen molar-refractivity contribution in [2.24, 2.45) is 0 Å². The second-order valence-corrected chi connectivity index (χ2v) is 8.14. The van der Waals surface area contributed by atoms with Gasteiger partial charge in [0.1, 0.15) is 6.61 Å². The normalized spacial score (nSPS) is 10.9. The Kier molecular flexibility index (Phi) is 15.3. The first-order valence-corrected chi connectivity index (χ1v) is 11.9. The summed E-state index contributed by atoms with van der Waals surface area (Å²) in [6, 6.07) is 1.52. The van der Waals surface area contributed by atoms with Crippen LogP contribution in [0.4, 0.5) is 13.2 Å². The van der Waals surface area contributed by atoms with E-state index in [0.717, 1.165) is 31.4 Å². The molecule has 0 atom stereocenters. The number of halogens is 3. The number of hydrogen-bond acceptors (Lipinski definition) is 4. The van der Waals surface area contributed by atoms with E-state index in [9.17, 15) is 22.8 Å². The van der Waals surface area contributed by atoms with Crippen LogP contribution in [0.5, 0.6) is 0 Å². The zero-order chi connectivity index (χ0) is 23.6. The number of ether oxygens (including phenoxy) is 2. The van der Waals surface area contributed by atoms with Gasteiger partial charge < -0.3 is 9.47 Å². The highest BCUT2D eigenvalue weighted by Gasteiger charge is 2.13. The highest BCUT2D eigenvalue weighted by molar-refractivity contribution is 5.77. The molecule has 0 aliphatic heterocycles. The molecule has 0 spiro atoms. The fourth-order valence-electron chi connectivity index (χ4n) is 3.33. The quantitative estimate of drug-likeness (QED) is 0.133. The Balaban J connectivity index is 1.96. The summed E-state index contributed by atoms with van der Waals surface area (Å²) in [5.74, 6) is -5.45. The number of unbranched alkanes of at least 4 members (excludes halogenated alkanes) is 11. The molecule has 0 radical (unpaired) electrons. The molecule has 32 heavy (non-hydrogen) atoms. The molecule has 182 valence electrons. The zero-order valence-corrected chi connectivity index (χ0v) is 19.2. The van der Waals surface area contributed by atoms with Crippen LogP contribution in [0, 0.1) is 17.5 Å². The molecular weight excluding hydrogens is 421 g/mol. The van der Waals surface area contributed by atoms with E-state index in [0.29, 0.717) is 6.61 Å². The summed E-state index contributed by atoms with van der Waals surface area (Å²) < 4.78 is 49.1. The summed E-state index contributed by atoms with van der Waals surface area (Å²) in [5, 5.41) is 0. The van der Waals surface area contributed by atoms with Crippen molar-refractivity contribution in [1.82, 2.24) is 0 Å². The molecule has 0 saturated carbocycles. The van der Waals surface area contributed by atoms with Crippen molar-refractivity contribution in [3.05, 3.63) is 35.1 Å². The number of carbonyl (C=O) groups excluding carboxylic acids is 2. The lowest BCUT2D eigenvalue weighted by Gasteiger charge is -2.07. The Labute approximate surface area is 189 Å². The standard InChI is InChI=1S/C25H37F3O4/c1-2-3-4-5-6-7-8-9-10-11-12-13-16-31-23(29)14-15-24(30)32-19-20-17-21(26)25(28)22(27)18-20/h17-18H,2-16,19H2,1H3. The minimum atomic E-state index is -1.57. The Morgan fingerprint density at radius 1 is 0.688 bits per heavy atom. The van der Waals surface area contributed by atoms with E-state index in [4.69, 9.17) is 9.47 Å². The van der Waals surface area contributed by atoms with Crippen molar-refractivity contribution in [3.8, 4) is 0 Å². The lowest BCUT2D eigenvalue weighted by atomic mass is 10.1. The van der Waals surface area contributed by atoms with E-state index in [-0.39, 0.29) is 18.4 Å². The van der Waals surface area contributed by atoms with Crippen molar-refractivity contribution in [1.29, 1.82) is 0 Å². The van der Waals surface area contributed by atoms with Crippen LogP contribution in [0.15, 0.2) is 12.1 Å². The Morgan fingerprint density at radius 3 is 1.62 bits per heavy atom. The maximum Gasteiger partial charge on any atom is 0.306 e. The minimum absolute atomic E-state index is 0.00991. The van der Waals surface area contributed by atoms with Gasteiger partial charge in [0.15, 0.2) is 17.5 Å². The van der Waals surface area contributed by atoms with E-state index in [1.807, 2.05) is 0 Å². The molecule has 0 unspecified atom stereocenters. The molecule has 0 fully saturated rings. The van der Waals surface area contributed by atoms with Crippen LogP contribution >= 0.6 is 0 Å². The lowest BCUT2D eigenvalue weighted by Crippen LogP contribution is -2.11. The second kappa shape index (κ2) is 17.5. The highest BCUT2D eigenvalue weighted by Crippen LogP contribution is 2.15. The molecule has 1 aromatic carbocycles. The summed E-state index contributed by atoms with van der Waals surface area (Å²) >= 11 is 0. The van der Waals surface area contributed by atoms with Gasteiger partial charge in [-0.3, -0.25) is 9.59 Å². The molecule has 0 amide bonds. The first kappa shape index (κ1) is 28.0. The Bertz CT molecular complexity index is 656. The van der Waals surface area contributed by atoms with E-state index < -0.39 is 36.0 Å². The van der Waals surface area contributed by atoms with Crippen LogP contribution in [0.25, 0.3) is 0 Å². The van der Waals surface area contributed by atoms with Crippen molar-refractivity contribution < 1.29 is 32.2 Å². The van der Waals surface area contributed by atoms with Gasteiger partial charge in [-0.2, -0.15) is 0 Å². The molecule has 7 heteroatoms. The van der Waals surface area contributed by atoms with Crippen LogP contribution < -0.4 is 0 Å². The van der Waals surface area contributed by atoms with Crippen molar-refractivity contribution in [3.63, 3.8) is 0 Å². The van der Waals surface area contributed by atoms with Crippen molar-refractivity contribution in [2.75, 3.05) is 6.61 Å². The first-order chi connectivity index (χ1) is 15.4. The lowest BCUT2D eigenvalue weighted by molar-refractivity contribution is -0.151. The SMILES string of the molecule is CCCCCCCCCCCCCCOC(=O)CCC(=O)OCc1cc(F)c(F)c(F)c1. The van der Waals surface area contributed by atoms with E-state index in [1.54, 1.807) is 0 Å². The van der Waals surface area contributed by atoms with Gasteiger partial charge >= 0.3 is 11.9 Å². The van der Waals surface area contributed by atoms with Crippen LogP contribution in [0.2, 0.25) is 0 Å². The highest BCUT2D eigenvalue weighted by atomic mass is 19.2. The van der Waals surface area contributed by atoms with Crippen LogP contribution in [0.3, 0.4) is 0 Å². The van der Waals surface area contributed by atoms with E-state index in [1.165, 1.54) is 57.8 Å². The van der Waals surface area contributed by atoms with E-state index >= 15 is 0 Å². The van der Waals surface area contributed by atoms with Gasteiger partial charge in [0.25, 0.3) is 0 Å². The van der Waals surface area contributed by atoms with Crippen LogP contribution in [-0.4, -0.2) is 18.5 Å². The fraction of sp³-hybridized carbons (Fsp3) is 0.680. The van der Waals surface area contributed by atoms with Gasteiger partial charge in [0, 0.05) is 0 Å². The van der Waals surface area contributed by atoms with Crippen molar-refractivity contribution in [2.45, 2.75) is 103 Å². The number of esters is 2. The van der Waals surface area contributed by atoms with Gasteiger partial charge in [-0.15, -0.1) is 0 Å². The van der Waals surface area contributed by atoms with E-state index in [2.05, 4.69) is 6.92 Å². The third-order valence-electron chi connectivity index (χ3n) is 5.24. The number of rotatable bonds is 18. The summed E-state index contributed by atoms with van der Waals surface area (Å²) in [7, 11) is 0. The number of benzene rings is 1. The Hall–Kier alpha value is -2.05. The van der Waals surface area contributed by atoms with Gasteiger partial charge in [-0.1, -0.05) is 77.6 Å².